The third-order valence-electron chi connectivity index (χ3n) is 5.21. The van der Waals surface area contributed by atoms with Gasteiger partial charge in [0.05, 0.1) is 11.3 Å². The zero-order chi connectivity index (χ0) is 20.2. The molecule has 0 atom stereocenters. The normalized spacial score (nSPS) is 13.0. The van der Waals surface area contributed by atoms with Gasteiger partial charge in [-0.2, -0.15) is 5.26 Å². The summed E-state index contributed by atoms with van der Waals surface area (Å²) in [5.74, 6) is 0.700. The molecule has 7 heteroatoms. The van der Waals surface area contributed by atoms with Crippen molar-refractivity contribution >= 4 is 23.5 Å². The van der Waals surface area contributed by atoms with Gasteiger partial charge in [-0.15, -0.1) is 0 Å². The lowest BCUT2D eigenvalue weighted by atomic mass is 9.95. The maximum Gasteiger partial charge on any atom is 0.236 e. The first-order valence-corrected chi connectivity index (χ1v) is 10.9. The molecule has 29 heavy (non-hydrogen) atoms. The number of aryl methyl sites for hydroxylation is 1. The van der Waals surface area contributed by atoms with Crippen LogP contribution in [0.25, 0.3) is 5.69 Å². The maximum atomic E-state index is 12.8. The Balaban J connectivity index is 1.65. The molecule has 1 N–H and O–H groups in total. The van der Waals surface area contributed by atoms with Gasteiger partial charge in [-0.1, -0.05) is 30.0 Å². The van der Waals surface area contributed by atoms with Crippen molar-refractivity contribution in [2.45, 2.75) is 44.3 Å². The number of rotatable bonds is 6. The van der Waals surface area contributed by atoms with Crippen LogP contribution in [0.15, 0.2) is 47.9 Å². The van der Waals surface area contributed by atoms with Crippen LogP contribution in [0.5, 0.6) is 0 Å². The number of imidazole rings is 1. The Hall–Kier alpha value is -2.98. The SMILES string of the molecule is CCn1ccnc1SCC(=O)Nc1c(C#N)c2c(n1-c1ccccc1)CCCC2. The predicted molar refractivity (Wildman–Crippen MR) is 114 cm³/mol. The number of amides is 1. The van der Waals surface area contributed by atoms with E-state index in [9.17, 15) is 10.1 Å². The number of para-hydroxylation sites is 1. The molecule has 6 nitrogen and oxygen atoms in total. The molecule has 0 bridgehead atoms. The molecule has 1 aliphatic rings. The number of nitrogens with one attached hydrogen (secondary N) is 1. The molecule has 148 valence electrons. The first-order chi connectivity index (χ1) is 14.2. The highest BCUT2D eigenvalue weighted by Gasteiger charge is 2.26. The van der Waals surface area contributed by atoms with E-state index >= 15 is 0 Å². The van der Waals surface area contributed by atoms with Crippen LogP contribution in [0.3, 0.4) is 0 Å². The summed E-state index contributed by atoms with van der Waals surface area (Å²) in [6.07, 6.45) is 7.61. The number of fused-ring (bicyclic) bond motifs is 1. The van der Waals surface area contributed by atoms with Crippen LogP contribution in [0.1, 0.15) is 36.6 Å². The minimum absolute atomic E-state index is 0.135. The molecule has 3 aromatic rings. The smallest absolute Gasteiger partial charge is 0.236 e. The highest BCUT2D eigenvalue weighted by atomic mass is 32.2. The standard InChI is InChI=1S/C22H23N5OS/c1-2-26-13-12-24-22(26)29-15-20(28)25-21-18(14-23)17-10-6-7-11-19(17)27(21)16-8-4-3-5-9-16/h3-5,8-9,12-13H,2,6-7,10-11,15H2,1H3,(H,25,28). The molecule has 4 rings (SSSR count). The van der Waals surface area contributed by atoms with E-state index in [0.29, 0.717) is 11.4 Å². The van der Waals surface area contributed by atoms with Crippen LogP contribution in [-0.4, -0.2) is 25.8 Å². The molecule has 1 aliphatic carbocycles. The van der Waals surface area contributed by atoms with E-state index in [1.54, 1.807) is 6.20 Å². The van der Waals surface area contributed by atoms with E-state index in [2.05, 4.69) is 20.9 Å². The number of nitriles is 1. The Morgan fingerprint density at radius 3 is 2.83 bits per heavy atom. The zero-order valence-corrected chi connectivity index (χ0v) is 17.2. The van der Waals surface area contributed by atoms with Gasteiger partial charge in [-0.05, 0) is 50.3 Å². The Morgan fingerprint density at radius 2 is 2.07 bits per heavy atom. The molecule has 2 heterocycles. The number of carbonyl (C=O) groups is 1. The van der Waals surface area contributed by atoms with E-state index in [4.69, 9.17) is 0 Å². The molecular formula is C22H23N5OS. The molecule has 2 aromatic heterocycles. The third-order valence-corrected chi connectivity index (χ3v) is 6.21. The van der Waals surface area contributed by atoms with Gasteiger partial charge >= 0.3 is 0 Å². The summed E-state index contributed by atoms with van der Waals surface area (Å²) < 4.78 is 4.06. The van der Waals surface area contributed by atoms with Gasteiger partial charge in [0, 0.05) is 30.3 Å². The molecule has 0 spiro atoms. The number of anilines is 1. The first kappa shape index (κ1) is 19.3. The summed E-state index contributed by atoms with van der Waals surface area (Å²) in [6.45, 7) is 2.86. The fourth-order valence-electron chi connectivity index (χ4n) is 3.87. The number of thioether (sulfide) groups is 1. The van der Waals surface area contributed by atoms with Crippen LogP contribution in [0.2, 0.25) is 0 Å². The summed E-state index contributed by atoms with van der Waals surface area (Å²) in [7, 11) is 0. The molecular weight excluding hydrogens is 382 g/mol. The molecule has 1 amide bonds. The molecule has 0 aliphatic heterocycles. The van der Waals surface area contributed by atoms with Crippen molar-refractivity contribution in [3.8, 4) is 11.8 Å². The maximum absolute atomic E-state index is 12.8. The molecule has 0 saturated heterocycles. The average molecular weight is 406 g/mol. The highest BCUT2D eigenvalue weighted by molar-refractivity contribution is 7.99. The van der Waals surface area contributed by atoms with Crippen molar-refractivity contribution in [2.24, 2.45) is 0 Å². The number of aromatic nitrogens is 3. The second-order valence-corrected chi connectivity index (χ2v) is 7.91. The van der Waals surface area contributed by atoms with Crippen molar-refractivity contribution in [1.29, 1.82) is 5.26 Å². The van der Waals surface area contributed by atoms with Gasteiger partial charge in [-0.3, -0.25) is 9.36 Å². The van der Waals surface area contributed by atoms with Crippen LogP contribution in [0, 0.1) is 11.3 Å². The number of carbonyl (C=O) groups excluding carboxylic acids is 1. The third kappa shape index (κ3) is 3.81. The number of nitrogens with zero attached hydrogens (tertiary/aromatic N) is 4. The quantitative estimate of drug-likeness (QED) is 0.625. The number of benzene rings is 1. The van der Waals surface area contributed by atoms with Gasteiger partial charge in [0.15, 0.2) is 5.16 Å². The summed E-state index contributed by atoms with van der Waals surface area (Å²) in [6, 6.07) is 12.3. The topological polar surface area (TPSA) is 75.6 Å². The fraction of sp³-hybridized carbons (Fsp3) is 0.318. The van der Waals surface area contributed by atoms with Gasteiger partial charge in [0.1, 0.15) is 11.9 Å². The average Bonchev–Trinajstić information content (AvgIpc) is 3.34. The van der Waals surface area contributed by atoms with E-state index in [-0.39, 0.29) is 11.7 Å². The van der Waals surface area contributed by atoms with Crippen molar-refractivity contribution < 1.29 is 4.79 Å². The lowest BCUT2D eigenvalue weighted by molar-refractivity contribution is -0.113. The van der Waals surface area contributed by atoms with Gasteiger partial charge < -0.3 is 9.88 Å². The largest absolute Gasteiger partial charge is 0.326 e. The Labute approximate surface area is 174 Å². The molecule has 1 aromatic carbocycles. The lowest BCUT2D eigenvalue weighted by Gasteiger charge is -2.17. The monoisotopic (exact) mass is 405 g/mol. The van der Waals surface area contributed by atoms with Gasteiger partial charge in [0.25, 0.3) is 0 Å². The summed E-state index contributed by atoms with van der Waals surface area (Å²) in [5, 5.41) is 13.7. The minimum Gasteiger partial charge on any atom is -0.326 e. The molecule has 0 saturated carbocycles. The second-order valence-electron chi connectivity index (χ2n) is 6.97. The lowest BCUT2D eigenvalue weighted by Crippen LogP contribution is -2.18. The van der Waals surface area contributed by atoms with E-state index < -0.39 is 0 Å². The van der Waals surface area contributed by atoms with E-state index in [1.807, 2.05) is 48.0 Å². The Bertz CT molecular complexity index is 1060. The van der Waals surface area contributed by atoms with Crippen molar-refractivity contribution in [1.82, 2.24) is 14.1 Å². The Morgan fingerprint density at radius 1 is 1.28 bits per heavy atom. The summed E-state index contributed by atoms with van der Waals surface area (Å²) in [4.78, 5) is 17.1. The number of hydrogen-bond acceptors (Lipinski definition) is 4. The van der Waals surface area contributed by atoms with Crippen molar-refractivity contribution in [2.75, 3.05) is 11.1 Å². The van der Waals surface area contributed by atoms with Crippen LogP contribution in [-0.2, 0) is 24.2 Å². The summed E-state index contributed by atoms with van der Waals surface area (Å²) in [5.41, 5.74) is 3.78. The zero-order valence-electron chi connectivity index (χ0n) is 16.4. The van der Waals surface area contributed by atoms with E-state index in [0.717, 1.165) is 54.3 Å². The summed E-state index contributed by atoms with van der Waals surface area (Å²) >= 11 is 1.40. The predicted octanol–water partition coefficient (Wildman–Crippen LogP) is 4.17. The molecule has 0 unspecified atom stereocenters. The Kier molecular flexibility index (Phi) is 5.72. The van der Waals surface area contributed by atoms with Crippen LogP contribution in [0.4, 0.5) is 5.82 Å². The van der Waals surface area contributed by atoms with Gasteiger partial charge in [-0.25, -0.2) is 4.98 Å². The minimum atomic E-state index is -0.135. The highest BCUT2D eigenvalue weighted by Crippen LogP contribution is 2.35. The second kappa shape index (κ2) is 8.58. The first-order valence-electron chi connectivity index (χ1n) is 9.88. The number of hydrogen-bond donors (Lipinski definition) is 1. The van der Waals surface area contributed by atoms with Crippen molar-refractivity contribution in [3.63, 3.8) is 0 Å². The van der Waals surface area contributed by atoms with Crippen LogP contribution >= 0.6 is 11.8 Å². The van der Waals surface area contributed by atoms with E-state index in [1.165, 1.54) is 11.8 Å². The molecule has 0 radical (unpaired) electrons. The molecule has 0 fully saturated rings. The van der Waals surface area contributed by atoms with Crippen LogP contribution < -0.4 is 5.32 Å². The van der Waals surface area contributed by atoms with Crippen molar-refractivity contribution in [3.05, 3.63) is 59.5 Å². The van der Waals surface area contributed by atoms with Gasteiger partial charge in [0.2, 0.25) is 5.91 Å². The fourth-order valence-corrected chi connectivity index (χ4v) is 4.69.